The minimum atomic E-state index is -0.498. The van der Waals surface area contributed by atoms with Crippen molar-refractivity contribution in [1.82, 2.24) is 15.0 Å². The van der Waals surface area contributed by atoms with Crippen molar-refractivity contribution in [3.05, 3.63) is 47.8 Å². The highest BCUT2D eigenvalue weighted by atomic mass is 19.1. The largest absolute Gasteiger partial charge is 0.370 e. The van der Waals surface area contributed by atoms with Crippen molar-refractivity contribution < 1.29 is 9.18 Å². The van der Waals surface area contributed by atoms with E-state index in [2.05, 4.69) is 10.3 Å². The van der Waals surface area contributed by atoms with E-state index in [1.165, 1.54) is 4.68 Å². The van der Waals surface area contributed by atoms with Gasteiger partial charge in [0.1, 0.15) is 6.67 Å². The SMILES string of the molecule is NC(=O)CC(Cc1ccccc1)c1cn(CCF)nn1. The van der Waals surface area contributed by atoms with Gasteiger partial charge < -0.3 is 5.73 Å². The van der Waals surface area contributed by atoms with Crippen LogP contribution in [-0.2, 0) is 17.8 Å². The number of rotatable bonds is 7. The summed E-state index contributed by atoms with van der Waals surface area (Å²) in [6, 6.07) is 9.79. The molecule has 2 rings (SSSR count). The molecule has 0 saturated heterocycles. The molecule has 2 aromatic rings. The van der Waals surface area contributed by atoms with Crippen LogP contribution in [-0.4, -0.2) is 27.6 Å². The summed E-state index contributed by atoms with van der Waals surface area (Å²) in [6.45, 7) is -0.330. The molecule has 1 amide bonds. The monoisotopic (exact) mass is 276 g/mol. The predicted octanol–water partition coefficient (Wildman–Crippen LogP) is 1.45. The first-order chi connectivity index (χ1) is 9.69. The number of hydrogen-bond acceptors (Lipinski definition) is 3. The Balaban J connectivity index is 2.15. The second kappa shape index (κ2) is 6.79. The van der Waals surface area contributed by atoms with Gasteiger partial charge in [-0.3, -0.25) is 4.79 Å². The van der Waals surface area contributed by atoms with E-state index in [1.54, 1.807) is 6.20 Å². The number of alkyl halides is 1. The standard InChI is InChI=1S/C14H17FN4O/c15-6-7-19-10-13(17-18-19)12(9-14(16)20)8-11-4-2-1-3-5-11/h1-5,10,12H,6-9H2,(H2,16,20). The van der Waals surface area contributed by atoms with Crippen molar-refractivity contribution in [2.45, 2.75) is 25.3 Å². The van der Waals surface area contributed by atoms with Crippen LogP contribution in [0.4, 0.5) is 4.39 Å². The smallest absolute Gasteiger partial charge is 0.218 e. The Bertz CT molecular complexity index is 555. The van der Waals surface area contributed by atoms with Crippen molar-refractivity contribution in [2.24, 2.45) is 5.73 Å². The number of primary amides is 1. The Kier molecular flexibility index (Phi) is 4.81. The van der Waals surface area contributed by atoms with Gasteiger partial charge in [-0.25, -0.2) is 9.07 Å². The summed E-state index contributed by atoms with van der Waals surface area (Å²) < 4.78 is 13.7. The Morgan fingerprint density at radius 2 is 2.10 bits per heavy atom. The molecule has 0 aliphatic carbocycles. The fourth-order valence-electron chi connectivity index (χ4n) is 2.12. The van der Waals surface area contributed by atoms with Crippen LogP contribution in [0.2, 0.25) is 0 Å². The van der Waals surface area contributed by atoms with E-state index in [9.17, 15) is 9.18 Å². The minimum Gasteiger partial charge on any atom is -0.370 e. The number of nitrogens with zero attached hydrogens (tertiary/aromatic N) is 3. The quantitative estimate of drug-likeness (QED) is 0.831. The number of benzene rings is 1. The molecule has 0 saturated carbocycles. The second-order valence-corrected chi connectivity index (χ2v) is 4.65. The van der Waals surface area contributed by atoms with Crippen molar-refractivity contribution in [3.8, 4) is 0 Å². The van der Waals surface area contributed by atoms with Crippen LogP contribution in [0.25, 0.3) is 0 Å². The molecule has 6 heteroatoms. The molecule has 0 aliphatic heterocycles. The van der Waals surface area contributed by atoms with E-state index in [-0.39, 0.29) is 24.8 Å². The first-order valence-electron chi connectivity index (χ1n) is 6.47. The molecule has 0 aliphatic rings. The fraction of sp³-hybridized carbons (Fsp3) is 0.357. The third kappa shape index (κ3) is 3.88. The number of aryl methyl sites for hydroxylation is 1. The number of halogens is 1. The van der Waals surface area contributed by atoms with Gasteiger partial charge in [0.15, 0.2) is 0 Å². The molecule has 0 bridgehead atoms. The lowest BCUT2D eigenvalue weighted by atomic mass is 9.93. The van der Waals surface area contributed by atoms with Gasteiger partial charge in [-0.1, -0.05) is 35.5 Å². The zero-order valence-electron chi connectivity index (χ0n) is 11.1. The molecular formula is C14H17FN4O. The van der Waals surface area contributed by atoms with Crippen LogP contribution >= 0.6 is 0 Å². The molecular weight excluding hydrogens is 259 g/mol. The van der Waals surface area contributed by atoms with Crippen molar-refractivity contribution >= 4 is 5.91 Å². The zero-order chi connectivity index (χ0) is 14.4. The van der Waals surface area contributed by atoms with Gasteiger partial charge in [0.25, 0.3) is 0 Å². The topological polar surface area (TPSA) is 73.8 Å². The number of nitrogens with two attached hydrogens (primary N) is 1. The van der Waals surface area contributed by atoms with Crippen LogP contribution in [0.3, 0.4) is 0 Å². The third-order valence-corrected chi connectivity index (χ3v) is 3.06. The molecule has 1 heterocycles. The highest BCUT2D eigenvalue weighted by molar-refractivity contribution is 5.74. The van der Waals surface area contributed by atoms with E-state index in [1.807, 2.05) is 30.3 Å². The molecule has 5 nitrogen and oxygen atoms in total. The van der Waals surface area contributed by atoms with Gasteiger partial charge in [-0.05, 0) is 12.0 Å². The van der Waals surface area contributed by atoms with Gasteiger partial charge in [-0.2, -0.15) is 0 Å². The van der Waals surface area contributed by atoms with Crippen LogP contribution in [0.1, 0.15) is 23.6 Å². The zero-order valence-corrected chi connectivity index (χ0v) is 11.1. The van der Waals surface area contributed by atoms with Crippen LogP contribution in [0, 0.1) is 0 Å². The van der Waals surface area contributed by atoms with Gasteiger partial charge in [0.05, 0.1) is 12.2 Å². The summed E-state index contributed by atoms with van der Waals surface area (Å²) in [5.41, 5.74) is 7.06. The first-order valence-corrected chi connectivity index (χ1v) is 6.47. The van der Waals surface area contributed by atoms with Crippen molar-refractivity contribution in [3.63, 3.8) is 0 Å². The van der Waals surface area contributed by atoms with Crippen molar-refractivity contribution in [2.75, 3.05) is 6.67 Å². The summed E-state index contributed by atoms with van der Waals surface area (Å²) in [7, 11) is 0. The maximum absolute atomic E-state index is 12.3. The lowest BCUT2D eigenvalue weighted by Gasteiger charge is -2.12. The minimum absolute atomic E-state index is 0.136. The molecule has 20 heavy (non-hydrogen) atoms. The molecule has 1 unspecified atom stereocenters. The highest BCUT2D eigenvalue weighted by Crippen LogP contribution is 2.22. The highest BCUT2D eigenvalue weighted by Gasteiger charge is 2.18. The Labute approximate surface area is 116 Å². The molecule has 1 atom stereocenters. The van der Waals surface area contributed by atoms with Gasteiger partial charge in [0.2, 0.25) is 5.91 Å². The summed E-state index contributed by atoms with van der Waals surface area (Å²) in [5.74, 6) is -0.519. The number of amides is 1. The summed E-state index contributed by atoms with van der Waals surface area (Å²) in [6.07, 6.45) is 2.53. The maximum atomic E-state index is 12.3. The molecule has 0 spiro atoms. The first kappa shape index (κ1) is 14.2. The van der Waals surface area contributed by atoms with E-state index in [0.29, 0.717) is 12.1 Å². The Morgan fingerprint density at radius 1 is 1.35 bits per heavy atom. The van der Waals surface area contributed by atoms with Crippen LogP contribution in [0.5, 0.6) is 0 Å². The van der Waals surface area contributed by atoms with Gasteiger partial charge in [0, 0.05) is 18.5 Å². The average Bonchev–Trinajstić information content (AvgIpc) is 2.88. The normalized spacial score (nSPS) is 12.2. The number of hydrogen-bond donors (Lipinski definition) is 1. The number of carbonyl (C=O) groups is 1. The second-order valence-electron chi connectivity index (χ2n) is 4.65. The fourth-order valence-corrected chi connectivity index (χ4v) is 2.12. The van der Waals surface area contributed by atoms with E-state index in [4.69, 9.17) is 5.73 Å². The van der Waals surface area contributed by atoms with Gasteiger partial charge >= 0.3 is 0 Å². The van der Waals surface area contributed by atoms with E-state index >= 15 is 0 Å². The molecule has 0 radical (unpaired) electrons. The molecule has 1 aromatic heterocycles. The third-order valence-electron chi connectivity index (χ3n) is 3.06. The predicted molar refractivity (Wildman–Crippen MR) is 72.7 cm³/mol. The van der Waals surface area contributed by atoms with E-state index in [0.717, 1.165) is 5.56 Å². The Morgan fingerprint density at radius 3 is 2.75 bits per heavy atom. The van der Waals surface area contributed by atoms with Crippen molar-refractivity contribution in [1.29, 1.82) is 0 Å². The lowest BCUT2D eigenvalue weighted by Crippen LogP contribution is -2.17. The maximum Gasteiger partial charge on any atom is 0.218 e. The Hall–Kier alpha value is -2.24. The molecule has 2 N–H and O–H groups in total. The number of carbonyl (C=O) groups excluding carboxylic acids is 1. The molecule has 106 valence electrons. The summed E-state index contributed by atoms with van der Waals surface area (Å²) >= 11 is 0. The van der Waals surface area contributed by atoms with Gasteiger partial charge in [-0.15, -0.1) is 5.10 Å². The average molecular weight is 276 g/mol. The summed E-state index contributed by atoms with van der Waals surface area (Å²) in [4.78, 5) is 11.2. The molecule has 1 aromatic carbocycles. The number of aromatic nitrogens is 3. The van der Waals surface area contributed by atoms with Crippen LogP contribution < -0.4 is 5.73 Å². The van der Waals surface area contributed by atoms with Crippen LogP contribution in [0.15, 0.2) is 36.5 Å². The van der Waals surface area contributed by atoms with E-state index < -0.39 is 6.67 Å². The summed E-state index contributed by atoms with van der Waals surface area (Å²) in [5, 5.41) is 7.87. The lowest BCUT2D eigenvalue weighted by molar-refractivity contribution is -0.118. The molecule has 0 fully saturated rings.